The zero-order valence-electron chi connectivity index (χ0n) is 16.4. The maximum atomic E-state index is 12.7. The topological polar surface area (TPSA) is 66.5 Å². The minimum Gasteiger partial charge on any atom is -0.378 e. The molecule has 1 aliphatic heterocycles. The maximum absolute atomic E-state index is 12.7. The fraction of sp³-hybridized carbons (Fsp3) is 0.217. The summed E-state index contributed by atoms with van der Waals surface area (Å²) in [6, 6.07) is 19.5. The van der Waals surface area contributed by atoms with Gasteiger partial charge in [0.2, 0.25) is 0 Å². The van der Waals surface area contributed by atoms with E-state index in [2.05, 4.69) is 26.6 Å². The van der Waals surface area contributed by atoms with Crippen molar-refractivity contribution in [3.63, 3.8) is 0 Å². The van der Waals surface area contributed by atoms with Gasteiger partial charge in [0, 0.05) is 18.8 Å². The second-order valence-electron chi connectivity index (χ2n) is 7.00. The lowest BCUT2D eigenvalue weighted by molar-refractivity contribution is 0.102. The summed E-state index contributed by atoms with van der Waals surface area (Å²) in [4.78, 5) is 19.3. The van der Waals surface area contributed by atoms with E-state index in [0.717, 1.165) is 35.8 Å². The van der Waals surface area contributed by atoms with Gasteiger partial charge in [-0.1, -0.05) is 24.3 Å². The number of carbonyl (C=O) groups excluding carboxylic acids is 1. The van der Waals surface area contributed by atoms with Gasteiger partial charge in [0.25, 0.3) is 5.91 Å². The zero-order chi connectivity index (χ0) is 20.1. The van der Waals surface area contributed by atoms with E-state index in [1.165, 1.54) is 5.56 Å². The van der Waals surface area contributed by atoms with Crippen LogP contribution in [0.1, 0.15) is 16.1 Å². The standard InChI is InChI=1S/C23H24N4O2/c1-17-5-4-6-18(15-17)25-19-9-10-21(24-16-19)23(28)26-20-7-2-3-8-22(20)27-11-13-29-14-12-27/h2-10,15-16,25H,11-14H2,1H3,(H,26,28). The molecule has 29 heavy (non-hydrogen) atoms. The van der Waals surface area contributed by atoms with Crippen LogP contribution in [0.25, 0.3) is 0 Å². The quantitative estimate of drug-likeness (QED) is 0.685. The number of benzene rings is 2. The zero-order valence-corrected chi connectivity index (χ0v) is 16.4. The molecule has 0 unspecified atom stereocenters. The number of aromatic nitrogens is 1. The van der Waals surface area contributed by atoms with Crippen molar-refractivity contribution in [1.29, 1.82) is 0 Å². The summed E-state index contributed by atoms with van der Waals surface area (Å²) < 4.78 is 5.43. The molecule has 0 bridgehead atoms. The van der Waals surface area contributed by atoms with Gasteiger partial charge in [0.1, 0.15) is 5.69 Å². The number of carbonyl (C=O) groups is 1. The Kier molecular flexibility index (Phi) is 5.72. The summed E-state index contributed by atoms with van der Waals surface area (Å²) in [5.41, 5.74) is 5.16. The first-order chi connectivity index (χ1) is 14.2. The van der Waals surface area contributed by atoms with E-state index >= 15 is 0 Å². The smallest absolute Gasteiger partial charge is 0.274 e. The van der Waals surface area contributed by atoms with Crippen molar-refractivity contribution in [2.75, 3.05) is 41.8 Å². The van der Waals surface area contributed by atoms with Crippen LogP contribution in [0, 0.1) is 6.92 Å². The minimum absolute atomic E-state index is 0.229. The van der Waals surface area contributed by atoms with Crippen LogP contribution in [0.3, 0.4) is 0 Å². The fourth-order valence-corrected chi connectivity index (χ4v) is 3.34. The van der Waals surface area contributed by atoms with Gasteiger partial charge in [-0.3, -0.25) is 4.79 Å². The summed E-state index contributed by atoms with van der Waals surface area (Å²) in [6.07, 6.45) is 1.67. The summed E-state index contributed by atoms with van der Waals surface area (Å²) in [6.45, 7) is 5.05. The first kappa shape index (κ1) is 19.0. The van der Waals surface area contributed by atoms with Crippen LogP contribution in [0.15, 0.2) is 66.9 Å². The van der Waals surface area contributed by atoms with E-state index in [9.17, 15) is 4.79 Å². The number of anilines is 4. The van der Waals surface area contributed by atoms with Gasteiger partial charge in [-0.15, -0.1) is 0 Å². The fourth-order valence-electron chi connectivity index (χ4n) is 3.34. The summed E-state index contributed by atoms with van der Waals surface area (Å²) in [5.74, 6) is -0.229. The number of hydrogen-bond acceptors (Lipinski definition) is 5. The van der Waals surface area contributed by atoms with Crippen LogP contribution in [0.4, 0.5) is 22.7 Å². The molecule has 0 saturated carbocycles. The van der Waals surface area contributed by atoms with Gasteiger partial charge in [0.15, 0.2) is 0 Å². The third kappa shape index (κ3) is 4.73. The van der Waals surface area contributed by atoms with Crippen molar-refractivity contribution < 1.29 is 9.53 Å². The lowest BCUT2D eigenvalue weighted by Gasteiger charge is -2.30. The Morgan fingerprint density at radius 3 is 2.59 bits per heavy atom. The molecule has 0 spiro atoms. The predicted octanol–water partition coefficient (Wildman–Crippen LogP) is 4.22. The van der Waals surface area contributed by atoms with E-state index in [4.69, 9.17) is 4.74 Å². The molecule has 1 amide bonds. The number of rotatable bonds is 5. The second-order valence-corrected chi connectivity index (χ2v) is 7.00. The van der Waals surface area contributed by atoms with Crippen LogP contribution in [-0.2, 0) is 4.74 Å². The van der Waals surface area contributed by atoms with E-state index in [-0.39, 0.29) is 5.91 Å². The molecule has 2 heterocycles. The Morgan fingerprint density at radius 1 is 1.00 bits per heavy atom. The molecular weight excluding hydrogens is 364 g/mol. The summed E-state index contributed by atoms with van der Waals surface area (Å²) in [5, 5.41) is 6.30. The molecule has 1 fully saturated rings. The van der Waals surface area contributed by atoms with Crippen molar-refractivity contribution in [2.24, 2.45) is 0 Å². The van der Waals surface area contributed by atoms with Crippen LogP contribution in [0.5, 0.6) is 0 Å². The SMILES string of the molecule is Cc1cccc(Nc2ccc(C(=O)Nc3ccccc3N3CCOCC3)nc2)c1. The van der Waals surface area contributed by atoms with Crippen molar-refractivity contribution in [3.05, 3.63) is 78.1 Å². The highest BCUT2D eigenvalue weighted by molar-refractivity contribution is 6.04. The highest BCUT2D eigenvalue weighted by atomic mass is 16.5. The van der Waals surface area contributed by atoms with Gasteiger partial charge < -0.3 is 20.3 Å². The van der Waals surface area contributed by atoms with Crippen LogP contribution in [0.2, 0.25) is 0 Å². The Morgan fingerprint density at radius 2 is 1.83 bits per heavy atom. The number of aryl methyl sites for hydroxylation is 1. The van der Waals surface area contributed by atoms with E-state index < -0.39 is 0 Å². The molecule has 1 aliphatic rings. The van der Waals surface area contributed by atoms with Gasteiger partial charge in [0.05, 0.1) is 36.5 Å². The molecule has 0 radical (unpaired) electrons. The molecule has 2 N–H and O–H groups in total. The van der Waals surface area contributed by atoms with Crippen LogP contribution < -0.4 is 15.5 Å². The molecular formula is C23H24N4O2. The number of nitrogens with one attached hydrogen (secondary N) is 2. The third-order valence-corrected chi connectivity index (χ3v) is 4.81. The van der Waals surface area contributed by atoms with E-state index in [1.54, 1.807) is 12.3 Å². The summed E-state index contributed by atoms with van der Waals surface area (Å²) >= 11 is 0. The monoisotopic (exact) mass is 388 g/mol. The van der Waals surface area contributed by atoms with Gasteiger partial charge in [-0.05, 0) is 48.9 Å². The molecule has 3 aromatic rings. The number of morpholine rings is 1. The van der Waals surface area contributed by atoms with Gasteiger partial charge >= 0.3 is 0 Å². The first-order valence-corrected chi connectivity index (χ1v) is 9.72. The molecule has 0 atom stereocenters. The minimum atomic E-state index is -0.229. The predicted molar refractivity (Wildman–Crippen MR) is 116 cm³/mol. The number of amides is 1. The Labute approximate surface area is 170 Å². The van der Waals surface area contributed by atoms with Crippen molar-refractivity contribution in [1.82, 2.24) is 4.98 Å². The largest absolute Gasteiger partial charge is 0.378 e. The molecule has 0 aliphatic carbocycles. The lowest BCUT2D eigenvalue weighted by Crippen LogP contribution is -2.36. The van der Waals surface area contributed by atoms with Crippen LogP contribution >= 0.6 is 0 Å². The molecule has 6 nitrogen and oxygen atoms in total. The van der Waals surface area contributed by atoms with Gasteiger partial charge in [-0.2, -0.15) is 0 Å². The lowest BCUT2D eigenvalue weighted by atomic mass is 10.2. The highest BCUT2D eigenvalue weighted by Gasteiger charge is 2.16. The average molecular weight is 388 g/mol. The first-order valence-electron chi connectivity index (χ1n) is 9.72. The highest BCUT2D eigenvalue weighted by Crippen LogP contribution is 2.27. The molecule has 1 aromatic heterocycles. The molecule has 2 aromatic carbocycles. The maximum Gasteiger partial charge on any atom is 0.274 e. The Hall–Kier alpha value is -3.38. The van der Waals surface area contributed by atoms with E-state index in [0.29, 0.717) is 18.9 Å². The summed E-state index contributed by atoms with van der Waals surface area (Å²) in [7, 11) is 0. The number of ether oxygens (including phenoxy) is 1. The number of hydrogen-bond donors (Lipinski definition) is 2. The number of pyridine rings is 1. The third-order valence-electron chi connectivity index (χ3n) is 4.81. The number of para-hydroxylation sites is 2. The molecule has 4 rings (SSSR count). The van der Waals surface area contributed by atoms with Crippen molar-refractivity contribution in [2.45, 2.75) is 6.92 Å². The number of nitrogens with zero attached hydrogens (tertiary/aromatic N) is 2. The molecule has 6 heteroatoms. The van der Waals surface area contributed by atoms with Crippen LogP contribution in [-0.4, -0.2) is 37.2 Å². The van der Waals surface area contributed by atoms with Crippen molar-refractivity contribution >= 4 is 28.7 Å². The van der Waals surface area contributed by atoms with Crippen molar-refractivity contribution in [3.8, 4) is 0 Å². The molecule has 1 saturated heterocycles. The Bertz CT molecular complexity index is 982. The normalized spacial score (nSPS) is 13.8. The van der Waals surface area contributed by atoms with Gasteiger partial charge in [-0.25, -0.2) is 4.98 Å². The Balaban J connectivity index is 1.45. The second kappa shape index (κ2) is 8.75. The van der Waals surface area contributed by atoms with E-state index in [1.807, 2.05) is 55.5 Å². The average Bonchev–Trinajstić information content (AvgIpc) is 2.75. The molecule has 148 valence electrons.